The summed E-state index contributed by atoms with van der Waals surface area (Å²) < 4.78 is 0. The van der Waals surface area contributed by atoms with Crippen molar-refractivity contribution in [1.82, 2.24) is 0 Å². The van der Waals surface area contributed by atoms with Gasteiger partial charge in [0.15, 0.2) is 0 Å². The minimum absolute atomic E-state index is 1.21. The van der Waals surface area contributed by atoms with Gasteiger partial charge in [-0.2, -0.15) is 0 Å². The van der Waals surface area contributed by atoms with Crippen LogP contribution in [-0.4, -0.2) is 0 Å². The van der Waals surface area contributed by atoms with Gasteiger partial charge in [-0.1, -0.05) is 170 Å². The van der Waals surface area contributed by atoms with E-state index in [0.717, 1.165) is 0 Å². The summed E-state index contributed by atoms with van der Waals surface area (Å²) in [4.78, 5) is 0. The molecule has 0 amide bonds. The van der Waals surface area contributed by atoms with Crippen LogP contribution in [0.2, 0.25) is 0 Å². The molecule has 0 aliphatic carbocycles. The van der Waals surface area contributed by atoms with Crippen LogP contribution in [0.1, 0.15) is 5.56 Å². The number of benzene rings is 9. The smallest absolute Gasteiger partial charge is 0.00237 e. The largest absolute Gasteiger partial charge is 0.0620 e. The minimum Gasteiger partial charge on any atom is -0.0620 e. The van der Waals surface area contributed by atoms with Gasteiger partial charge in [0.05, 0.1) is 0 Å². The van der Waals surface area contributed by atoms with Gasteiger partial charge in [-0.3, -0.25) is 0 Å². The first-order valence-electron chi connectivity index (χ1n) is 17.0. The van der Waals surface area contributed by atoms with Gasteiger partial charge in [-0.25, -0.2) is 0 Å². The molecule has 0 aromatic heterocycles. The maximum absolute atomic E-state index is 2.36. The molecule has 9 aromatic rings. The van der Waals surface area contributed by atoms with E-state index in [9.17, 15) is 0 Å². The molecular weight excluding hydrogens is 589 g/mol. The lowest BCUT2D eigenvalue weighted by Gasteiger charge is -2.19. The molecule has 0 fully saturated rings. The molecular formula is C49H34. The third-order valence-electron chi connectivity index (χ3n) is 9.99. The Morgan fingerprint density at radius 2 is 0.694 bits per heavy atom. The van der Waals surface area contributed by atoms with Crippen LogP contribution in [0, 0.1) is 6.92 Å². The average Bonchev–Trinajstić information content (AvgIpc) is 3.17. The Morgan fingerprint density at radius 3 is 1.31 bits per heavy atom. The molecule has 0 unspecified atom stereocenters. The van der Waals surface area contributed by atoms with Crippen molar-refractivity contribution in [3.8, 4) is 55.6 Å². The monoisotopic (exact) mass is 622 g/mol. The molecule has 0 N–H and O–H groups in total. The number of aryl methyl sites for hydroxylation is 1. The Morgan fingerprint density at radius 1 is 0.265 bits per heavy atom. The first-order chi connectivity index (χ1) is 24.2. The molecule has 0 heterocycles. The highest BCUT2D eigenvalue weighted by molar-refractivity contribution is 6.21. The van der Waals surface area contributed by atoms with Crippen molar-refractivity contribution in [3.05, 3.63) is 194 Å². The van der Waals surface area contributed by atoms with E-state index in [4.69, 9.17) is 0 Å². The molecule has 0 saturated carbocycles. The highest BCUT2D eigenvalue weighted by Crippen LogP contribution is 2.45. The normalized spacial score (nSPS) is 11.4. The van der Waals surface area contributed by atoms with Crippen LogP contribution in [0.5, 0.6) is 0 Å². The van der Waals surface area contributed by atoms with Crippen LogP contribution >= 0.6 is 0 Å². The highest BCUT2D eigenvalue weighted by atomic mass is 14.2. The Bertz CT molecular complexity index is 2600. The quantitative estimate of drug-likeness (QED) is 0.168. The average molecular weight is 623 g/mol. The Labute approximate surface area is 287 Å². The van der Waals surface area contributed by atoms with E-state index in [-0.39, 0.29) is 0 Å². The SMILES string of the molecule is Cc1ccccc1-c1c2ccccc2c(-c2cccc(-c3cccc(-c4ccc(-c5ccc6ccccc6c5)cc4)c3)c2)c2ccccc12. The van der Waals surface area contributed by atoms with E-state index >= 15 is 0 Å². The minimum atomic E-state index is 1.21. The fourth-order valence-corrected chi connectivity index (χ4v) is 7.54. The molecule has 0 heteroatoms. The van der Waals surface area contributed by atoms with E-state index in [1.165, 1.54) is 93.5 Å². The molecule has 0 radical (unpaired) electrons. The number of rotatable bonds is 5. The molecule has 9 aromatic carbocycles. The molecule has 0 aliphatic heterocycles. The molecule has 49 heavy (non-hydrogen) atoms. The molecule has 0 saturated heterocycles. The van der Waals surface area contributed by atoms with Gasteiger partial charge in [0, 0.05) is 0 Å². The summed E-state index contributed by atoms with van der Waals surface area (Å²) in [5.74, 6) is 0. The third-order valence-corrected chi connectivity index (χ3v) is 9.99. The molecule has 0 bridgehead atoms. The Balaban J connectivity index is 1.12. The number of hydrogen-bond donors (Lipinski definition) is 0. The second-order valence-corrected chi connectivity index (χ2v) is 13.0. The zero-order valence-electron chi connectivity index (χ0n) is 27.4. The molecule has 0 nitrogen and oxygen atoms in total. The summed E-state index contributed by atoms with van der Waals surface area (Å²) in [7, 11) is 0. The summed E-state index contributed by atoms with van der Waals surface area (Å²) in [6, 6.07) is 68.8. The zero-order chi connectivity index (χ0) is 32.7. The summed E-state index contributed by atoms with van der Waals surface area (Å²) in [5, 5.41) is 7.65. The summed E-state index contributed by atoms with van der Waals surface area (Å²) in [6.45, 7) is 2.21. The maximum Gasteiger partial charge on any atom is -0.00237 e. The van der Waals surface area contributed by atoms with Gasteiger partial charge in [0.2, 0.25) is 0 Å². The van der Waals surface area contributed by atoms with E-state index in [0.29, 0.717) is 0 Å². The summed E-state index contributed by atoms with van der Waals surface area (Å²) in [6.07, 6.45) is 0. The second kappa shape index (κ2) is 12.1. The van der Waals surface area contributed by atoms with Crippen molar-refractivity contribution in [2.75, 3.05) is 0 Å². The summed E-state index contributed by atoms with van der Waals surface area (Å²) >= 11 is 0. The van der Waals surface area contributed by atoms with Gasteiger partial charge < -0.3 is 0 Å². The lowest BCUT2D eigenvalue weighted by Crippen LogP contribution is -1.92. The molecule has 230 valence electrons. The number of fused-ring (bicyclic) bond motifs is 3. The van der Waals surface area contributed by atoms with E-state index in [2.05, 4.69) is 195 Å². The predicted octanol–water partition coefficient (Wildman–Crippen LogP) is 13.8. The topological polar surface area (TPSA) is 0 Å². The lowest BCUT2D eigenvalue weighted by molar-refractivity contribution is 1.47. The predicted molar refractivity (Wildman–Crippen MR) is 211 cm³/mol. The van der Waals surface area contributed by atoms with Crippen molar-refractivity contribution in [1.29, 1.82) is 0 Å². The Kier molecular flexibility index (Phi) is 7.14. The van der Waals surface area contributed by atoms with E-state index in [1.54, 1.807) is 0 Å². The highest BCUT2D eigenvalue weighted by Gasteiger charge is 2.17. The molecule has 0 spiro atoms. The van der Waals surface area contributed by atoms with Gasteiger partial charge >= 0.3 is 0 Å². The van der Waals surface area contributed by atoms with Crippen molar-refractivity contribution >= 4 is 32.3 Å². The maximum atomic E-state index is 2.36. The van der Waals surface area contributed by atoms with Gasteiger partial charge in [-0.15, -0.1) is 0 Å². The van der Waals surface area contributed by atoms with Crippen LogP contribution in [0.15, 0.2) is 188 Å². The standard InChI is InChI=1S/C49H34/c1-33-12-2-5-19-43(33)49-46-22-8-6-20-44(46)48(45-21-7-9-23-47(45)49)42-18-11-17-40(32-42)39-16-10-15-38(30-39)35-24-26-36(27-25-35)41-29-28-34-13-3-4-14-37(34)31-41/h2-32H,1H3. The van der Waals surface area contributed by atoms with Crippen LogP contribution < -0.4 is 0 Å². The second-order valence-electron chi connectivity index (χ2n) is 13.0. The van der Waals surface area contributed by atoms with E-state index < -0.39 is 0 Å². The lowest BCUT2D eigenvalue weighted by atomic mass is 9.84. The zero-order valence-corrected chi connectivity index (χ0v) is 27.4. The molecule has 9 rings (SSSR count). The van der Waals surface area contributed by atoms with Gasteiger partial charge in [0.1, 0.15) is 0 Å². The van der Waals surface area contributed by atoms with E-state index in [1.807, 2.05) is 0 Å². The van der Waals surface area contributed by atoms with Crippen molar-refractivity contribution in [2.24, 2.45) is 0 Å². The van der Waals surface area contributed by atoms with Crippen molar-refractivity contribution in [2.45, 2.75) is 6.92 Å². The molecule has 0 atom stereocenters. The van der Waals surface area contributed by atoms with Crippen LogP contribution in [0.3, 0.4) is 0 Å². The van der Waals surface area contributed by atoms with Gasteiger partial charge in [-0.05, 0) is 119 Å². The Hall–Kier alpha value is -6.24. The third kappa shape index (κ3) is 5.19. The van der Waals surface area contributed by atoms with Crippen LogP contribution in [0.4, 0.5) is 0 Å². The molecule has 0 aliphatic rings. The first-order valence-corrected chi connectivity index (χ1v) is 17.0. The van der Waals surface area contributed by atoms with Crippen LogP contribution in [0.25, 0.3) is 88.0 Å². The first kappa shape index (κ1) is 28.9. The van der Waals surface area contributed by atoms with Crippen molar-refractivity contribution < 1.29 is 0 Å². The fraction of sp³-hybridized carbons (Fsp3) is 0.0204. The summed E-state index contributed by atoms with van der Waals surface area (Å²) in [5.41, 5.74) is 13.7. The van der Waals surface area contributed by atoms with Crippen LogP contribution in [-0.2, 0) is 0 Å². The van der Waals surface area contributed by atoms with Gasteiger partial charge in [0.25, 0.3) is 0 Å². The fourth-order valence-electron chi connectivity index (χ4n) is 7.54. The number of hydrogen-bond acceptors (Lipinski definition) is 0. The van der Waals surface area contributed by atoms with Crippen molar-refractivity contribution in [3.63, 3.8) is 0 Å².